The number of Topliss-reactive ketones (excluding diaryl/α,β-unsaturated/α-hetero) is 1. The summed E-state index contributed by atoms with van der Waals surface area (Å²) in [6.07, 6.45) is 0. The number of rotatable bonds is 1. The van der Waals surface area contributed by atoms with Crippen LogP contribution in [0.4, 0.5) is 17.6 Å². The lowest BCUT2D eigenvalue weighted by Crippen LogP contribution is -2.40. The Hall–Kier alpha value is -2.42. The zero-order valence-electron chi connectivity index (χ0n) is 10.9. The van der Waals surface area contributed by atoms with Crippen molar-refractivity contribution in [3.05, 3.63) is 39.3 Å². The van der Waals surface area contributed by atoms with Crippen molar-refractivity contribution >= 4 is 16.8 Å². The van der Waals surface area contributed by atoms with E-state index in [1.165, 1.54) is 0 Å². The van der Waals surface area contributed by atoms with Crippen molar-refractivity contribution in [3.8, 4) is 5.75 Å². The summed E-state index contributed by atoms with van der Waals surface area (Å²) in [6.45, 7) is 0.813. The van der Waals surface area contributed by atoms with Crippen LogP contribution in [-0.4, -0.2) is 12.8 Å². The van der Waals surface area contributed by atoms with Crippen LogP contribution in [-0.2, 0) is 0 Å². The Labute approximate surface area is 114 Å². The molecule has 2 rings (SSSR count). The van der Waals surface area contributed by atoms with Crippen molar-refractivity contribution < 1.29 is 37.6 Å². The summed E-state index contributed by atoms with van der Waals surface area (Å²) in [4.78, 5) is 22.3. The molecule has 0 saturated carbocycles. The van der Waals surface area contributed by atoms with Crippen molar-refractivity contribution in [2.75, 3.05) is 7.05 Å². The van der Waals surface area contributed by atoms with Crippen LogP contribution in [0.15, 0.2) is 9.21 Å². The Morgan fingerprint density at radius 2 is 1.52 bits per heavy atom. The van der Waals surface area contributed by atoms with Crippen LogP contribution < -0.4 is 16.5 Å². The number of hydrogen-bond acceptors (Lipinski definition) is 4. The molecule has 0 atom stereocenters. The first-order valence-electron chi connectivity index (χ1n) is 5.48. The van der Waals surface area contributed by atoms with Gasteiger partial charge in [-0.3, -0.25) is 4.79 Å². The van der Waals surface area contributed by atoms with E-state index in [-0.39, 0.29) is 0 Å². The highest BCUT2D eigenvalue weighted by atomic mass is 19.2. The van der Waals surface area contributed by atoms with Gasteiger partial charge in [0.05, 0.1) is 18.0 Å². The second kappa shape index (κ2) is 5.92. The Morgan fingerprint density at radius 1 is 1.05 bits per heavy atom. The van der Waals surface area contributed by atoms with E-state index in [0.717, 1.165) is 6.92 Å². The molecular formula is C12H9F4NO4. The maximum atomic E-state index is 13.4. The van der Waals surface area contributed by atoms with Crippen LogP contribution in [0, 0.1) is 23.3 Å². The summed E-state index contributed by atoms with van der Waals surface area (Å²) in [5.74, 6) is -11.1. The first-order chi connectivity index (χ1) is 9.77. The van der Waals surface area contributed by atoms with Gasteiger partial charge in [-0.15, -0.1) is 0 Å². The van der Waals surface area contributed by atoms with Crippen molar-refractivity contribution in [2.24, 2.45) is 0 Å². The molecule has 9 heteroatoms. The van der Waals surface area contributed by atoms with Gasteiger partial charge in [0, 0.05) is 0 Å². The van der Waals surface area contributed by atoms with E-state index < -0.39 is 57.0 Å². The minimum Gasteiger partial charge on any atom is -0.871 e. The average Bonchev–Trinajstić information content (AvgIpc) is 2.44. The third kappa shape index (κ3) is 2.47. The number of halogens is 4. The number of hydrogen-bond donors (Lipinski definition) is 1. The monoisotopic (exact) mass is 307 g/mol. The van der Waals surface area contributed by atoms with Gasteiger partial charge in [-0.2, -0.15) is 4.39 Å². The van der Waals surface area contributed by atoms with E-state index in [4.69, 9.17) is 0 Å². The van der Waals surface area contributed by atoms with E-state index in [1.807, 2.05) is 0 Å². The highest BCUT2D eigenvalue weighted by Crippen LogP contribution is 2.32. The fourth-order valence-corrected chi connectivity index (χ4v) is 1.58. The second-order valence-electron chi connectivity index (χ2n) is 3.61. The Kier molecular flexibility index (Phi) is 4.69. The molecule has 0 amide bonds. The van der Waals surface area contributed by atoms with E-state index in [9.17, 15) is 32.3 Å². The standard InChI is InChI=1S/C11H4F4O4.CH5N/c1-2(16)3-9(17)4-5(12)6(13)7(14)8(15)10(4)19-11(3)18;1-2/h17H,1H3;2H2,1H3. The van der Waals surface area contributed by atoms with Crippen molar-refractivity contribution in [3.63, 3.8) is 0 Å². The predicted octanol–water partition coefficient (Wildman–Crippen LogP) is 0.484. The van der Waals surface area contributed by atoms with Gasteiger partial charge < -0.3 is 15.3 Å². The zero-order chi connectivity index (χ0) is 16.5. The van der Waals surface area contributed by atoms with Crippen LogP contribution in [0.1, 0.15) is 17.3 Å². The zero-order valence-corrected chi connectivity index (χ0v) is 10.9. The van der Waals surface area contributed by atoms with Crippen molar-refractivity contribution in [1.82, 2.24) is 0 Å². The van der Waals surface area contributed by atoms with Crippen LogP contribution in [0.3, 0.4) is 0 Å². The van der Waals surface area contributed by atoms with Gasteiger partial charge in [-0.1, -0.05) is 5.75 Å². The third-order valence-corrected chi connectivity index (χ3v) is 2.43. The molecule has 1 aromatic carbocycles. The minimum absolute atomic E-state index is 0.813. The first-order valence-corrected chi connectivity index (χ1v) is 5.48. The molecule has 5 nitrogen and oxygen atoms in total. The first kappa shape index (κ1) is 16.6. The molecule has 0 radical (unpaired) electrons. The van der Waals surface area contributed by atoms with Crippen LogP contribution in [0.5, 0.6) is 5.75 Å². The fraction of sp³-hybridized carbons (Fsp3) is 0.167. The molecule has 0 bridgehead atoms. The molecule has 0 fully saturated rings. The minimum atomic E-state index is -2.23. The molecule has 0 aliphatic heterocycles. The summed E-state index contributed by atoms with van der Waals surface area (Å²) in [7, 11) is 1.75. The molecule has 0 saturated heterocycles. The maximum absolute atomic E-state index is 13.4. The van der Waals surface area contributed by atoms with Gasteiger partial charge in [-0.25, -0.2) is 18.0 Å². The van der Waals surface area contributed by atoms with Crippen molar-refractivity contribution in [1.29, 1.82) is 0 Å². The number of carbonyl (C=O) groups is 1. The Balaban J connectivity index is 0.00000106. The van der Waals surface area contributed by atoms with Gasteiger partial charge in [0.15, 0.2) is 23.0 Å². The highest BCUT2D eigenvalue weighted by molar-refractivity contribution is 6.01. The molecular weight excluding hydrogens is 298 g/mol. The summed E-state index contributed by atoms with van der Waals surface area (Å²) in [5, 5.41) is 10.3. The SMILES string of the molecule is CC(=O)c1c([O-])c2c(F)c(F)c(F)c(F)c2oc1=O.C[NH3+]. The number of benzene rings is 1. The van der Waals surface area contributed by atoms with Gasteiger partial charge in [0.25, 0.3) is 0 Å². The van der Waals surface area contributed by atoms with E-state index >= 15 is 0 Å². The van der Waals surface area contributed by atoms with Crippen molar-refractivity contribution in [2.45, 2.75) is 6.92 Å². The quantitative estimate of drug-likeness (QED) is 0.272. The molecule has 0 aliphatic rings. The highest BCUT2D eigenvalue weighted by Gasteiger charge is 2.25. The lowest BCUT2D eigenvalue weighted by molar-refractivity contribution is -0.325. The van der Waals surface area contributed by atoms with Crippen LogP contribution in [0.2, 0.25) is 0 Å². The summed E-state index contributed by atoms with van der Waals surface area (Å²) in [5.41, 5.74) is -0.748. The lowest BCUT2D eigenvalue weighted by atomic mass is 10.1. The number of fused-ring (bicyclic) bond motifs is 1. The molecule has 3 N–H and O–H groups in total. The smallest absolute Gasteiger partial charge is 0.346 e. The average molecular weight is 307 g/mol. The molecule has 0 unspecified atom stereocenters. The molecule has 0 spiro atoms. The normalized spacial score (nSPS) is 10.2. The van der Waals surface area contributed by atoms with Crippen LogP contribution >= 0.6 is 0 Å². The largest absolute Gasteiger partial charge is 0.871 e. The molecule has 2 aromatic rings. The van der Waals surface area contributed by atoms with Gasteiger partial charge in [0.2, 0.25) is 11.6 Å². The van der Waals surface area contributed by atoms with Gasteiger partial charge in [0.1, 0.15) is 0 Å². The van der Waals surface area contributed by atoms with Gasteiger partial charge in [-0.05, 0) is 6.92 Å². The number of ketones is 1. The van der Waals surface area contributed by atoms with E-state index in [1.54, 1.807) is 7.05 Å². The molecule has 21 heavy (non-hydrogen) atoms. The molecule has 0 aliphatic carbocycles. The Bertz CT molecular complexity index is 785. The summed E-state index contributed by atoms with van der Waals surface area (Å²) >= 11 is 0. The summed E-state index contributed by atoms with van der Waals surface area (Å²) < 4.78 is 56.8. The fourth-order valence-electron chi connectivity index (χ4n) is 1.58. The predicted molar refractivity (Wildman–Crippen MR) is 60.6 cm³/mol. The van der Waals surface area contributed by atoms with E-state index in [0.29, 0.717) is 0 Å². The molecule has 114 valence electrons. The number of quaternary nitrogens is 1. The topological polar surface area (TPSA) is 98.0 Å². The number of carbonyl (C=O) groups excluding carboxylic acids is 1. The van der Waals surface area contributed by atoms with Crippen LogP contribution in [0.25, 0.3) is 11.0 Å². The van der Waals surface area contributed by atoms with E-state index in [2.05, 4.69) is 10.2 Å². The third-order valence-electron chi connectivity index (χ3n) is 2.43. The maximum Gasteiger partial charge on any atom is 0.346 e. The Morgan fingerprint density at radius 3 is 2.00 bits per heavy atom. The lowest BCUT2D eigenvalue weighted by Gasteiger charge is -2.14. The second-order valence-corrected chi connectivity index (χ2v) is 3.61. The molecule has 1 aromatic heterocycles. The molecule has 1 heterocycles. The van der Waals surface area contributed by atoms with Gasteiger partial charge >= 0.3 is 5.63 Å². The summed E-state index contributed by atoms with van der Waals surface area (Å²) in [6, 6.07) is 0.